The fourth-order valence-corrected chi connectivity index (χ4v) is 11.1. The normalized spacial score (nSPS) is 12.6. The molecule has 0 radical (unpaired) electrons. The average molecular weight is 857 g/mol. The molecule has 6 heteroatoms. The quantitative estimate of drug-likeness (QED) is 0.156. The third kappa shape index (κ3) is 5.63. The van der Waals surface area contributed by atoms with Gasteiger partial charge in [-0.3, -0.25) is 0 Å². The highest BCUT2D eigenvalue weighted by molar-refractivity contribution is 6.99. The van der Waals surface area contributed by atoms with Gasteiger partial charge in [-0.15, -0.1) is 0 Å². The summed E-state index contributed by atoms with van der Waals surface area (Å²) in [5, 5.41) is 4.87. The van der Waals surface area contributed by atoms with Crippen molar-refractivity contribution < 1.29 is 4.74 Å². The molecule has 2 aromatic heterocycles. The van der Waals surface area contributed by atoms with Gasteiger partial charge < -0.3 is 23.7 Å². The maximum absolute atomic E-state index is 7.19. The summed E-state index contributed by atoms with van der Waals surface area (Å²) in [5.41, 5.74) is 18.3. The first kappa shape index (κ1) is 37.6. The second-order valence-corrected chi connectivity index (χ2v) is 17.8. The Morgan fingerprint density at radius 3 is 1.73 bits per heavy atom. The van der Waals surface area contributed by atoms with Crippen LogP contribution in [0.5, 0.6) is 11.5 Å². The zero-order valence-corrected chi connectivity index (χ0v) is 36.7. The molecule has 0 atom stereocenters. The molecule has 67 heavy (non-hydrogen) atoms. The smallest absolute Gasteiger partial charge is 0.256 e. The summed E-state index contributed by atoms with van der Waals surface area (Å²) in [6.45, 7) is 2.06. The van der Waals surface area contributed by atoms with E-state index in [0.717, 1.165) is 68.0 Å². The molecule has 5 nitrogen and oxygen atoms in total. The molecule has 0 N–H and O–H groups in total. The van der Waals surface area contributed by atoms with E-state index in [1.54, 1.807) is 0 Å². The highest BCUT2D eigenvalue weighted by Gasteiger charge is 2.42. The van der Waals surface area contributed by atoms with Gasteiger partial charge in [0.15, 0.2) is 0 Å². The molecule has 0 unspecified atom stereocenters. The number of nitrogens with zero attached hydrogens (tertiary/aromatic N) is 4. The topological polar surface area (TPSA) is 25.6 Å². The van der Waals surface area contributed by atoms with Crippen molar-refractivity contribution in [3.05, 3.63) is 236 Å². The summed E-state index contributed by atoms with van der Waals surface area (Å²) in [6.07, 6.45) is 0. The van der Waals surface area contributed by atoms with Crippen molar-refractivity contribution in [2.24, 2.45) is 0 Å². The van der Waals surface area contributed by atoms with Gasteiger partial charge in [0, 0.05) is 67.4 Å². The van der Waals surface area contributed by atoms with Crippen LogP contribution in [0.2, 0.25) is 0 Å². The molecule has 0 spiro atoms. The largest absolute Gasteiger partial charge is 0.458 e. The van der Waals surface area contributed by atoms with Gasteiger partial charge in [-0.2, -0.15) is 0 Å². The van der Waals surface area contributed by atoms with Crippen LogP contribution in [0.1, 0.15) is 5.56 Å². The van der Waals surface area contributed by atoms with Gasteiger partial charge in [-0.25, -0.2) is 0 Å². The summed E-state index contributed by atoms with van der Waals surface area (Å²) in [5.74, 6) is 1.73. The summed E-state index contributed by atoms with van der Waals surface area (Å²) in [6, 6.07) is 83.7. The number of hydrogen-bond donors (Lipinski definition) is 0. The molecule has 0 aliphatic carbocycles. The minimum Gasteiger partial charge on any atom is -0.458 e. The molecule has 4 heterocycles. The molecule has 2 aliphatic heterocycles. The lowest BCUT2D eigenvalue weighted by molar-refractivity contribution is 0.487. The van der Waals surface area contributed by atoms with E-state index in [1.807, 2.05) is 0 Å². The van der Waals surface area contributed by atoms with Gasteiger partial charge in [0.25, 0.3) is 6.71 Å². The third-order valence-corrected chi connectivity index (χ3v) is 14.0. The van der Waals surface area contributed by atoms with Crippen LogP contribution >= 0.6 is 0 Å². The average Bonchev–Trinajstić information content (AvgIpc) is 3.90. The van der Waals surface area contributed by atoms with Crippen LogP contribution in [0.25, 0.3) is 55.0 Å². The molecule has 0 saturated carbocycles. The van der Waals surface area contributed by atoms with Gasteiger partial charge in [-0.1, -0.05) is 139 Å². The monoisotopic (exact) mass is 856 g/mol. The third-order valence-electron chi connectivity index (χ3n) is 14.0. The maximum atomic E-state index is 7.19. The van der Waals surface area contributed by atoms with Crippen LogP contribution in [0.3, 0.4) is 0 Å². The van der Waals surface area contributed by atoms with Crippen LogP contribution in [-0.4, -0.2) is 15.8 Å². The van der Waals surface area contributed by atoms with Gasteiger partial charge in [0.2, 0.25) is 0 Å². The Hall–Kier alpha value is -8.74. The number of fused-ring (bicyclic) bond motifs is 10. The lowest BCUT2D eigenvalue weighted by atomic mass is 9.34. The first-order valence-corrected chi connectivity index (χ1v) is 23.0. The zero-order valence-electron chi connectivity index (χ0n) is 36.7. The second kappa shape index (κ2) is 14.6. The van der Waals surface area contributed by atoms with E-state index in [1.165, 1.54) is 54.6 Å². The molecule has 2 aliphatic rings. The summed E-state index contributed by atoms with van der Waals surface area (Å²) in [4.78, 5) is 4.84. The second-order valence-electron chi connectivity index (χ2n) is 17.8. The number of aryl methyl sites for hydroxylation is 1. The molecule has 12 aromatic rings. The van der Waals surface area contributed by atoms with Crippen molar-refractivity contribution in [2.45, 2.75) is 6.92 Å². The Bertz CT molecular complexity index is 3920. The molecule has 0 amide bonds. The van der Waals surface area contributed by atoms with Crippen molar-refractivity contribution >= 4 is 101 Å². The number of para-hydroxylation sites is 6. The Labute approximate surface area is 388 Å². The fourth-order valence-electron chi connectivity index (χ4n) is 11.1. The van der Waals surface area contributed by atoms with Crippen LogP contribution in [0.4, 0.5) is 34.1 Å². The number of rotatable bonds is 6. The van der Waals surface area contributed by atoms with E-state index in [9.17, 15) is 0 Å². The van der Waals surface area contributed by atoms with Crippen molar-refractivity contribution in [2.75, 3.05) is 9.80 Å². The number of hydrogen-bond acceptors (Lipinski definition) is 3. The first-order valence-electron chi connectivity index (χ1n) is 23.0. The number of anilines is 6. The van der Waals surface area contributed by atoms with Crippen LogP contribution in [0, 0.1) is 6.92 Å². The molecule has 314 valence electrons. The van der Waals surface area contributed by atoms with Gasteiger partial charge in [0.1, 0.15) is 11.5 Å². The van der Waals surface area contributed by atoms with E-state index in [-0.39, 0.29) is 6.71 Å². The Kier molecular flexibility index (Phi) is 8.22. The first-order chi connectivity index (χ1) is 33.2. The molecule has 14 rings (SSSR count). The summed E-state index contributed by atoms with van der Waals surface area (Å²) >= 11 is 0. The molecule has 0 bridgehead atoms. The van der Waals surface area contributed by atoms with Crippen molar-refractivity contribution in [3.63, 3.8) is 0 Å². The summed E-state index contributed by atoms with van der Waals surface area (Å²) < 4.78 is 12.0. The molecular weight excluding hydrogens is 816 g/mol. The van der Waals surface area contributed by atoms with Crippen molar-refractivity contribution in [1.82, 2.24) is 9.13 Å². The van der Waals surface area contributed by atoms with E-state index in [2.05, 4.69) is 256 Å². The standard InChI is InChI=1S/C61H41BN4O/c1-40-31-33-44(34-32-40)63(55-29-15-25-48-46-23-11-14-27-53(46)66(61(48)55)43-21-9-4-10-22-43)45-35-36-50-59(37-45)67-58-30-16-28-54-60(58)62(50)51-38-49-47-24-12-13-26-52(47)64(41-17-5-2-6-18-41)56(49)39-57(51)65(54)42-19-7-3-8-20-42/h2-39H,1H3. The maximum Gasteiger partial charge on any atom is 0.256 e. The predicted molar refractivity (Wildman–Crippen MR) is 280 cm³/mol. The fraction of sp³-hybridized carbons (Fsp3) is 0.0164. The highest BCUT2D eigenvalue weighted by Crippen LogP contribution is 2.47. The minimum absolute atomic E-state index is 0.0842. The van der Waals surface area contributed by atoms with Gasteiger partial charge in [-0.05, 0) is 114 Å². The summed E-state index contributed by atoms with van der Waals surface area (Å²) in [7, 11) is 0. The van der Waals surface area contributed by atoms with Crippen molar-refractivity contribution in [1.29, 1.82) is 0 Å². The lowest BCUT2D eigenvalue weighted by Gasteiger charge is -2.40. The molecular formula is C61H41BN4O. The number of benzene rings is 10. The Balaban J connectivity index is 1.02. The van der Waals surface area contributed by atoms with Crippen LogP contribution < -0.4 is 30.9 Å². The molecule has 0 fully saturated rings. The number of aromatic nitrogens is 2. The highest BCUT2D eigenvalue weighted by atomic mass is 16.5. The van der Waals surface area contributed by atoms with Crippen LogP contribution in [0.15, 0.2) is 231 Å². The van der Waals surface area contributed by atoms with E-state index in [4.69, 9.17) is 4.74 Å². The SMILES string of the molecule is Cc1ccc(N(c2ccc3c(c2)Oc2cccc4c2B3c2cc3c5ccccc5n(-c5ccccc5)c3cc2N4c2ccccc2)c2cccc3c4ccccc4n(-c4ccccc4)c23)cc1. The lowest BCUT2D eigenvalue weighted by Crippen LogP contribution is -2.59. The van der Waals surface area contributed by atoms with Gasteiger partial charge >= 0.3 is 0 Å². The zero-order chi connectivity index (χ0) is 44.2. The van der Waals surface area contributed by atoms with Crippen molar-refractivity contribution in [3.8, 4) is 22.9 Å². The van der Waals surface area contributed by atoms with E-state index in [0.29, 0.717) is 0 Å². The minimum atomic E-state index is -0.0842. The molecule has 0 saturated heterocycles. The Morgan fingerprint density at radius 1 is 0.403 bits per heavy atom. The predicted octanol–water partition coefficient (Wildman–Crippen LogP) is 14.1. The van der Waals surface area contributed by atoms with Gasteiger partial charge in [0.05, 0.1) is 27.8 Å². The van der Waals surface area contributed by atoms with E-state index < -0.39 is 0 Å². The Morgan fingerprint density at radius 2 is 1.00 bits per heavy atom. The molecule has 10 aromatic carbocycles. The van der Waals surface area contributed by atoms with Crippen LogP contribution in [-0.2, 0) is 0 Å². The number of ether oxygens (including phenoxy) is 1. The van der Waals surface area contributed by atoms with E-state index >= 15 is 0 Å².